The molecule has 3 rings (SSSR count). The van der Waals surface area contributed by atoms with Gasteiger partial charge >= 0.3 is 6.18 Å². The predicted octanol–water partition coefficient (Wildman–Crippen LogP) is 3.67. The van der Waals surface area contributed by atoms with Gasteiger partial charge in [-0.05, 0) is 31.2 Å². The molecule has 0 aliphatic carbocycles. The van der Waals surface area contributed by atoms with Crippen LogP contribution in [0, 0.1) is 0 Å². The standard InChI is InChI=1S/C20H19F3N4O3/c1-13(12-29-16-7-3-2-6-15(16)20(21,22)23)25-17(28)8-9-18-26-19(27-30-18)14-5-4-10-24-11-14/h2-7,10-11,13H,8-9,12H2,1H3,(H,25,28). The number of aryl methyl sites for hydroxylation is 1. The number of halogens is 3. The van der Waals surface area contributed by atoms with Crippen LogP contribution in [0.4, 0.5) is 13.2 Å². The maximum Gasteiger partial charge on any atom is 0.419 e. The second-order valence-corrected chi connectivity index (χ2v) is 6.53. The lowest BCUT2D eigenvalue weighted by molar-refractivity contribution is -0.139. The van der Waals surface area contributed by atoms with Crippen molar-refractivity contribution < 1.29 is 27.2 Å². The lowest BCUT2D eigenvalue weighted by atomic mass is 10.2. The Kier molecular flexibility index (Phi) is 6.65. The second kappa shape index (κ2) is 9.38. The predicted molar refractivity (Wildman–Crippen MR) is 100 cm³/mol. The molecule has 0 bridgehead atoms. The Labute approximate surface area is 170 Å². The van der Waals surface area contributed by atoms with Gasteiger partial charge < -0.3 is 14.6 Å². The van der Waals surface area contributed by atoms with Crippen LogP contribution in [0.1, 0.15) is 24.8 Å². The van der Waals surface area contributed by atoms with E-state index in [1.54, 1.807) is 31.5 Å². The van der Waals surface area contributed by atoms with Crippen LogP contribution in [-0.4, -0.2) is 33.7 Å². The molecule has 0 aliphatic rings. The van der Waals surface area contributed by atoms with Gasteiger partial charge in [0.25, 0.3) is 0 Å². The molecule has 1 aromatic carbocycles. The molecule has 3 aromatic rings. The van der Waals surface area contributed by atoms with Crippen LogP contribution in [0.25, 0.3) is 11.4 Å². The van der Waals surface area contributed by atoms with E-state index < -0.39 is 17.8 Å². The monoisotopic (exact) mass is 420 g/mol. The van der Waals surface area contributed by atoms with Crippen LogP contribution >= 0.6 is 0 Å². The number of hydrogen-bond donors (Lipinski definition) is 1. The second-order valence-electron chi connectivity index (χ2n) is 6.53. The van der Waals surface area contributed by atoms with Gasteiger partial charge in [-0.1, -0.05) is 17.3 Å². The summed E-state index contributed by atoms with van der Waals surface area (Å²) < 4.78 is 49.3. The minimum absolute atomic E-state index is 0.0815. The number of carbonyl (C=O) groups excluding carboxylic acids is 1. The molecule has 7 nitrogen and oxygen atoms in total. The molecule has 0 saturated carbocycles. The number of alkyl halides is 3. The highest BCUT2D eigenvalue weighted by molar-refractivity contribution is 5.76. The van der Waals surface area contributed by atoms with Crippen molar-refractivity contribution in [1.29, 1.82) is 0 Å². The minimum Gasteiger partial charge on any atom is -0.491 e. The van der Waals surface area contributed by atoms with E-state index in [2.05, 4.69) is 20.4 Å². The van der Waals surface area contributed by atoms with Crippen molar-refractivity contribution >= 4 is 5.91 Å². The van der Waals surface area contributed by atoms with Gasteiger partial charge in [0.1, 0.15) is 12.4 Å². The molecule has 0 saturated heterocycles. The zero-order valence-electron chi connectivity index (χ0n) is 16.0. The number of rotatable bonds is 8. The Morgan fingerprint density at radius 3 is 2.77 bits per heavy atom. The Hall–Kier alpha value is -3.43. The Bertz CT molecular complexity index is 977. The van der Waals surface area contributed by atoms with Crippen LogP contribution in [0.5, 0.6) is 5.75 Å². The lowest BCUT2D eigenvalue weighted by Crippen LogP contribution is -2.37. The first-order valence-electron chi connectivity index (χ1n) is 9.14. The topological polar surface area (TPSA) is 90.1 Å². The molecule has 1 unspecified atom stereocenters. The smallest absolute Gasteiger partial charge is 0.419 e. The lowest BCUT2D eigenvalue weighted by Gasteiger charge is -2.17. The third kappa shape index (κ3) is 5.79. The van der Waals surface area contributed by atoms with Crippen molar-refractivity contribution in [1.82, 2.24) is 20.4 Å². The number of para-hydroxylation sites is 1. The first-order chi connectivity index (χ1) is 14.3. The summed E-state index contributed by atoms with van der Waals surface area (Å²) in [4.78, 5) is 20.3. The zero-order valence-corrected chi connectivity index (χ0v) is 16.0. The number of carbonyl (C=O) groups is 1. The molecule has 158 valence electrons. The summed E-state index contributed by atoms with van der Waals surface area (Å²) in [6.45, 7) is 1.53. The number of aromatic nitrogens is 3. The van der Waals surface area contributed by atoms with Gasteiger partial charge in [-0.25, -0.2) is 0 Å². The molecule has 1 amide bonds. The molecule has 30 heavy (non-hydrogen) atoms. The molecule has 1 N–H and O–H groups in total. The van der Waals surface area contributed by atoms with Gasteiger partial charge in [0.15, 0.2) is 0 Å². The summed E-state index contributed by atoms with van der Waals surface area (Å²) in [6.07, 6.45) is -0.981. The van der Waals surface area contributed by atoms with E-state index in [9.17, 15) is 18.0 Å². The van der Waals surface area contributed by atoms with Gasteiger partial charge in [0, 0.05) is 30.8 Å². The van der Waals surface area contributed by atoms with Crippen LogP contribution in [0.15, 0.2) is 53.3 Å². The van der Waals surface area contributed by atoms with E-state index >= 15 is 0 Å². The van der Waals surface area contributed by atoms with Gasteiger partial charge in [-0.3, -0.25) is 9.78 Å². The summed E-state index contributed by atoms with van der Waals surface area (Å²) in [6, 6.07) is 7.97. The molecule has 1 atom stereocenters. The maximum atomic E-state index is 13.0. The molecule has 10 heteroatoms. The van der Waals surface area contributed by atoms with Crippen molar-refractivity contribution in [3.63, 3.8) is 0 Å². The van der Waals surface area contributed by atoms with Crippen LogP contribution in [-0.2, 0) is 17.4 Å². The van der Waals surface area contributed by atoms with E-state index in [-0.39, 0.29) is 31.1 Å². The normalized spacial score (nSPS) is 12.4. The highest BCUT2D eigenvalue weighted by Crippen LogP contribution is 2.35. The average molecular weight is 420 g/mol. The average Bonchev–Trinajstić information content (AvgIpc) is 3.20. The third-order valence-corrected chi connectivity index (χ3v) is 4.04. The quantitative estimate of drug-likeness (QED) is 0.598. The van der Waals surface area contributed by atoms with E-state index in [0.717, 1.165) is 6.07 Å². The van der Waals surface area contributed by atoms with Crippen molar-refractivity contribution in [3.05, 3.63) is 60.2 Å². The first-order valence-corrected chi connectivity index (χ1v) is 9.14. The SMILES string of the molecule is CC(COc1ccccc1C(F)(F)F)NC(=O)CCc1nc(-c2cccnc2)no1. The van der Waals surface area contributed by atoms with Crippen molar-refractivity contribution in [2.45, 2.75) is 32.0 Å². The van der Waals surface area contributed by atoms with Crippen molar-refractivity contribution in [2.75, 3.05) is 6.61 Å². The molecule has 0 radical (unpaired) electrons. The van der Waals surface area contributed by atoms with Gasteiger partial charge in [0.2, 0.25) is 17.6 Å². The highest BCUT2D eigenvalue weighted by atomic mass is 19.4. The number of pyridine rings is 1. The van der Waals surface area contributed by atoms with E-state index in [1.165, 1.54) is 18.2 Å². The summed E-state index contributed by atoms with van der Waals surface area (Å²) >= 11 is 0. The molecule has 0 fully saturated rings. The van der Waals surface area contributed by atoms with Crippen LogP contribution in [0.2, 0.25) is 0 Å². The van der Waals surface area contributed by atoms with Gasteiger partial charge in [0.05, 0.1) is 11.6 Å². The Morgan fingerprint density at radius 2 is 2.03 bits per heavy atom. The fourth-order valence-corrected chi connectivity index (χ4v) is 2.62. The number of ether oxygens (including phenoxy) is 1. The minimum atomic E-state index is -4.51. The van der Waals surface area contributed by atoms with Crippen molar-refractivity contribution in [2.24, 2.45) is 0 Å². The number of nitrogens with one attached hydrogen (secondary N) is 1. The molecular formula is C20H19F3N4O3. The van der Waals surface area contributed by atoms with E-state index in [1.807, 2.05) is 0 Å². The van der Waals surface area contributed by atoms with Crippen LogP contribution < -0.4 is 10.1 Å². The number of hydrogen-bond acceptors (Lipinski definition) is 6. The number of amides is 1. The Balaban J connectivity index is 1.46. The zero-order chi connectivity index (χ0) is 21.6. The van der Waals surface area contributed by atoms with Gasteiger partial charge in [-0.2, -0.15) is 18.2 Å². The summed E-state index contributed by atoms with van der Waals surface area (Å²) in [5, 5.41) is 6.52. The number of nitrogens with zero attached hydrogens (tertiary/aromatic N) is 3. The Morgan fingerprint density at radius 1 is 1.23 bits per heavy atom. The summed E-state index contributed by atoms with van der Waals surface area (Å²) in [7, 11) is 0. The number of benzene rings is 1. The third-order valence-electron chi connectivity index (χ3n) is 4.04. The molecule has 0 spiro atoms. The van der Waals surface area contributed by atoms with Crippen molar-refractivity contribution in [3.8, 4) is 17.1 Å². The summed E-state index contributed by atoms with van der Waals surface area (Å²) in [5.74, 6) is 0.0897. The van der Waals surface area contributed by atoms with E-state index in [4.69, 9.17) is 9.26 Å². The fourth-order valence-electron chi connectivity index (χ4n) is 2.62. The van der Waals surface area contributed by atoms with E-state index in [0.29, 0.717) is 17.3 Å². The molecule has 2 heterocycles. The van der Waals surface area contributed by atoms with Gasteiger partial charge in [-0.15, -0.1) is 0 Å². The maximum absolute atomic E-state index is 13.0. The molecule has 0 aliphatic heterocycles. The highest BCUT2D eigenvalue weighted by Gasteiger charge is 2.34. The first kappa shape index (κ1) is 21.3. The molecular weight excluding hydrogens is 401 g/mol. The van der Waals surface area contributed by atoms with Crippen LogP contribution in [0.3, 0.4) is 0 Å². The molecule has 2 aromatic heterocycles. The summed E-state index contributed by atoms with van der Waals surface area (Å²) in [5.41, 5.74) is -0.161. The fraction of sp³-hybridized carbons (Fsp3) is 0.300. The largest absolute Gasteiger partial charge is 0.491 e.